The lowest BCUT2D eigenvalue weighted by atomic mass is 10.9. The molecular formula is C4H10O2S3. The summed E-state index contributed by atoms with van der Waals surface area (Å²) in [6, 6.07) is 0. The van der Waals surface area contributed by atoms with Crippen LogP contribution < -0.4 is 0 Å². The van der Waals surface area contributed by atoms with Crippen LogP contribution in [0.4, 0.5) is 0 Å². The summed E-state index contributed by atoms with van der Waals surface area (Å²) in [5, 5.41) is 0. The summed E-state index contributed by atoms with van der Waals surface area (Å²) in [5.41, 5.74) is 0. The maximum absolute atomic E-state index is 8.27. The van der Waals surface area contributed by atoms with Gasteiger partial charge in [0.2, 0.25) is 0 Å². The minimum atomic E-state index is 0.779. The van der Waals surface area contributed by atoms with Crippen molar-refractivity contribution in [3.8, 4) is 0 Å². The molecule has 9 heavy (non-hydrogen) atoms. The summed E-state index contributed by atoms with van der Waals surface area (Å²) in [6.07, 6.45) is 0. The van der Waals surface area contributed by atoms with E-state index in [1.807, 2.05) is 0 Å². The molecule has 0 aliphatic heterocycles. The molecule has 0 aromatic heterocycles. The summed E-state index contributed by atoms with van der Waals surface area (Å²) in [5.74, 6) is 3.48. The van der Waals surface area contributed by atoms with Crippen LogP contribution in [0.15, 0.2) is 0 Å². The zero-order valence-electron chi connectivity index (χ0n) is 4.95. The Kier molecular flexibility index (Phi) is 9.94. The fraction of sp³-hybridized carbons (Fsp3) is 1.00. The van der Waals surface area contributed by atoms with E-state index in [4.69, 9.17) is 9.11 Å². The largest absolute Gasteiger partial charge is 0.330 e. The van der Waals surface area contributed by atoms with Crippen molar-refractivity contribution in [2.24, 2.45) is 0 Å². The molecular weight excluding hydrogens is 176 g/mol. The highest BCUT2D eigenvalue weighted by atomic mass is 32.2. The van der Waals surface area contributed by atoms with Gasteiger partial charge in [0.25, 0.3) is 0 Å². The fourth-order valence-corrected chi connectivity index (χ4v) is 2.04. The van der Waals surface area contributed by atoms with E-state index >= 15 is 0 Å². The molecule has 0 saturated carbocycles. The SMILES string of the molecule is OSCCSCCSO. The van der Waals surface area contributed by atoms with E-state index in [1.165, 1.54) is 0 Å². The Bertz CT molecular complexity index is 47.1. The first-order chi connectivity index (χ1) is 4.41. The summed E-state index contributed by atoms with van der Waals surface area (Å²) >= 11 is 3.48. The smallest absolute Gasteiger partial charge is 0.0286 e. The second kappa shape index (κ2) is 8.97. The average molecular weight is 186 g/mol. The van der Waals surface area contributed by atoms with Crippen molar-refractivity contribution in [1.82, 2.24) is 0 Å². The number of hydrogen-bond acceptors (Lipinski definition) is 5. The Hall–Kier alpha value is 0.970. The summed E-state index contributed by atoms with van der Waals surface area (Å²) in [7, 11) is 0. The van der Waals surface area contributed by atoms with Gasteiger partial charge in [-0.2, -0.15) is 11.8 Å². The van der Waals surface area contributed by atoms with E-state index < -0.39 is 0 Å². The van der Waals surface area contributed by atoms with E-state index in [0.29, 0.717) is 0 Å². The van der Waals surface area contributed by atoms with Gasteiger partial charge in [-0.05, 0) is 24.1 Å². The van der Waals surface area contributed by atoms with Crippen LogP contribution in [-0.2, 0) is 0 Å². The molecule has 0 aliphatic rings. The second-order valence-electron chi connectivity index (χ2n) is 1.28. The molecule has 0 aromatic rings. The Labute approximate surface area is 68.2 Å². The van der Waals surface area contributed by atoms with Crippen molar-refractivity contribution in [2.75, 3.05) is 23.0 Å². The Morgan fingerprint density at radius 3 is 1.56 bits per heavy atom. The first-order valence-electron chi connectivity index (χ1n) is 2.52. The molecule has 0 aromatic carbocycles. The summed E-state index contributed by atoms with van der Waals surface area (Å²) < 4.78 is 16.5. The van der Waals surface area contributed by atoms with E-state index in [9.17, 15) is 0 Å². The first-order valence-corrected chi connectivity index (χ1v) is 5.56. The van der Waals surface area contributed by atoms with Gasteiger partial charge in [0, 0.05) is 23.0 Å². The Morgan fingerprint density at radius 2 is 1.22 bits per heavy atom. The van der Waals surface area contributed by atoms with Crippen molar-refractivity contribution >= 4 is 35.8 Å². The molecule has 5 heteroatoms. The van der Waals surface area contributed by atoms with Gasteiger partial charge in [-0.15, -0.1) is 0 Å². The Morgan fingerprint density at radius 1 is 0.778 bits per heavy atom. The lowest BCUT2D eigenvalue weighted by Gasteiger charge is -1.94. The monoisotopic (exact) mass is 186 g/mol. The number of thioether (sulfide) groups is 1. The molecule has 0 atom stereocenters. The van der Waals surface area contributed by atoms with Gasteiger partial charge < -0.3 is 9.11 Å². The quantitative estimate of drug-likeness (QED) is 0.491. The highest BCUT2D eigenvalue weighted by Gasteiger charge is 1.87. The zero-order valence-corrected chi connectivity index (χ0v) is 7.40. The third-order valence-corrected chi connectivity index (χ3v) is 2.91. The standard InChI is InChI=1S/C4H10O2S3/c5-8-3-1-7-2-4-9-6/h5-6H,1-4H2. The minimum Gasteiger partial charge on any atom is -0.330 e. The van der Waals surface area contributed by atoms with Crippen molar-refractivity contribution < 1.29 is 9.11 Å². The molecule has 0 fully saturated rings. The lowest BCUT2D eigenvalue weighted by molar-refractivity contribution is 0.665. The van der Waals surface area contributed by atoms with Crippen molar-refractivity contribution in [2.45, 2.75) is 0 Å². The van der Waals surface area contributed by atoms with Crippen LogP contribution in [0.1, 0.15) is 0 Å². The van der Waals surface area contributed by atoms with Crippen LogP contribution in [0.5, 0.6) is 0 Å². The van der Waals surface area contributed by atoms with E-state index in [0.717, 1.165) is 47.1 Å². The average Bonchev–Trinajstić information content (AvgIpc) is 1.89. The second-order valence-corrected chi connectivity index (χ2v) is 3.84. The third-order valence-electron chi connectivity index (χ3n) is 0.638. The molecule has 0 aliphatic carbocycles. The normalized spacial score (nSPS) is 10.0. The van der Waals surface area contributed by atoms with Crippen molar-refractivity contribution in [3.63, 3.8) is 0 Å². The van der Waals surface area contributed by atoms with Gasteiger partial charge in [0.05, 0.1) is 0 Å². The molecule has 2 nitrogen and oxygen atoms in total. The lowest BCUT2D eigenvalue weighted by Crippen LogP contribution is -1.87. The summed E-state index contributed by atoms with van der Waals surface area (Å²) in [4.78, 5) is 0. The van der Waals surface area contributed by atoms with Gasteiger partial charge in [-0.25, -0.2) is 0 Å². The van der Waals surface area contributed by atoms with Gasteiger partial charge in [-0.3, -0.25) is 0 Å². The Balaban J connectivity index is 2.60. The van der Waals surface area contributed by atoms with Gasteiger partial charge >= 0.3 is 0 Å². The van der Waals surface area contributed by atoms with Crippen LogP contribution >= 0.6 is 35.8 Å². The van der Waals surface area contributed by atoms with Crippen molar-refractivity contribution in [1.29, 1.82) is 0 Å². The molecule has 0 amide bonds. The maximum Gasteiger partial charge on any atom is 0.0286 e. The van der Waals surface area contributed by atoms with Crippen molar-refractivity contribution in [3.05, 3.63) is 0 Å². The molecule has 0 bridgehead atoms. The summed E-state index contributed by atoms with van der Waals surface area (Å²) in [6.45, 7) is 0. The van der Waals surface area contributed by atoms with E-state index in [1.54, 1.807) is 11.8 Å². The molecule has 0 rings (SSSR count). The van der Waals surface area contributed by atoms with E-state index in [-0.39, 0.29) is 0 Å². The zero-order chi connectivity index (χ0) is 6.95. The van der Waals surface area contributed by atoms with Gasteiger partial charge in [0.15, 0.2) is 0 Å². The number of hydrogen-bond donors (Lipinski definition) is 2. The van der Waals surface area contributed by atoms with Crippen LogP contribution in [-0.4, -0.2) is 32.1 Å². The molecule has 0 saturated heterocycles. The molecule has 56 valence electrons. The fourth-order valence-electron chi connectivity index (χ4n) is 0.294. The predicted octanol–water partition coefficient (Wildman–Crippen LogP) is 2.13. The van der Waals surface area contributed by atoms with Crippen LogP contribution in [0, 0.1) is 0 Å². The molecule has 0 heterocycles. The van der Waals surface area contributed by atoms with Gasteiger partial charge in [0.1, 0.15) is 0 Å². The van der Waals surface area contributed by atoms with Gasteiger partial charge in [-0.1, -0.05) is 0 Å². The predicted molar refractivity (Wildman–Crippen MR) is 47.5 cm³/mol. The van der Waals surface area contributed by atoms with Crippen LogP contribution in [0.25, 0.3) is 0 Å². The number of rotatable bonds is 6. The first kappa shape index (κ1) is 9.97. The van der Waals surface area contributed by atoms with E-state index in [2.05, 4.69) is 0 Å². The molecule has 0 radical (unpaired) electrons. The van der Waals surface area contributed by atoms with Crippen LogP contribution in [0.3, 0.4) is 0 Å². The third kappa shape index (κ3) is 8.97. The van der Waals surface area contributed by atoms with Crippen LogP contribution in [0.2, 0.25) is 0 Å². The molecule has 2 N–H and O–H groups in total. The highest BCUT2D eigenvalue weighted by molar-refractivity contribution is 8.02. The maximum atomic E-state index is 8.27. The topological polar surface area (TPSA) is 40.5 Å². The highest BCUT2D eigenvalue weighted by Crippen LogP contribution is 2.05. The minimum absolute atomic E-state index is 0.779. The molecule has 0 spiro atoms. The molecule has 0 unspecified atom stereocenters.